The number of hydrogen-bond acceptors (Lipinski definition) is 1. The van der Waals surface area contributed by atoms with Crippen molar-refractivity contribution in [1.29, 1.82) is 5.26 Å². The second-order valence-electron chi connectivity index (χ2n) is 3.73. The van der Waals surface area contributed by atoms with Crippen molar-refractivity contribution in [3.63, 3.8) is 0 Å². The molecular weight excluding hydrogens is 293 g/mol. The van der Waals surface area contributed by atoms with Crippen molar-refractivity contribution in [2.45, 2.75) is 0 Å². The first-order chi connectivity index (χ1) is 8.69. The highest BCUT2D eigenvalue weighted by Crippen LogP contribution is 2.20. The van der Waals surface area contributed by atoms with Gasteiger partial charge in [-0.05, 0) is 41.5 Å². The van der Waals surface area contributed by atoms with E-state index < -0.39 is 0 Å². The van der Waals surface area contributed by atoms with Gasteiger partial charge in [0, 0.05) is 4.47 Å². The molecule has 0 aliphatic carbocycles. The van der Waals surface area contributed by atoms with Gasteiger partial charge in [0.1, 0.15) is 5.82 Å². The highest BCUT2D eigenvalue weighted by atomic mass is 79.9. The van der Waals surface area contributed by atoms with E-state index in [0.29, 0.717) is 5.57 Å². The van der Waals surface area contributed by atoms with Crippen LogP contribution in [0.3, 0.4) is 0 Å². The van der Waals surface area contributed by atoms with Crippen LogP contribution in [0.5, 0.6) is 0 Å². The highest BCUT2D eigenvalue weighted by Gasteiger charge is 2.01. The summed E-state index contributed by atoms with van der Waals surface area (Å²) in [5.41, 5.74) is 2.19. The molecule has 0 saturated heterocycles. The lowest BCUT2D eigenvalue weighted by Gasteiger charge is -2.00. The molecule has 0 spiro atoms. The third kappa shape index (κ3) is 3.06. The van der Waals surface area contributed by atoms with Crippen LogP contribution in [-0.4, -0.2) is 0 Å². The zero-order chi connectivity index (χ0) is 13.0. The molecule has 0 aliphatic heterocycles. The fourth-order valence-electron chi connectivity index (χ4n) is 1.54. The summed E-state index contributed by atoms with van der Waals surface area (Å²) in [6.07, 6.45) is 1.74. The Hall–Kier alpha value is -1.92. The smallest absolute Gasteiger partial charge is 0.123 e. The first-order valence-electron chi connectivity index (χ1n) is 5.32. The molecule has 88 valence electrons. The minimum Gasteiger partial charge on any atom is -0.207 e. The van der Waals surface area contributed by atoms with Crippen LogP contribution < -0.4 is 0 Å². The Morgan fingerprint density at radius 1 is 1.06 bits per heavy atom. The van der Waals surface area contributed by atoms with Gasteiger partial charge in [0.15, 0.2) is 0 Å². The lowest BCUT2D eigenvalue weighted by atomic mass is 10.0. The van der Waals surface area contributed by atoms with Crippen LogP contribution in [0, 0.1) is 17.1 Å². The Kier molecular flexibility index (Phi) is 3.91. The van der Waals surface area contributed by atoms with E-state index in [4.69, 9.17) is 5.26 Å². The Bertz CT molecular complexity index is 606. The number of hydrogen-bond donors (Lipinski definition) is 0. The van der Waals surface area contributed by atoms with Crippen LogP contribution in [0.1, 0.15) is 11.1 Å². The number of nitriles is 1. The van der Waals surface area contributed by atoms with Crippen molar-refractivity contribution in [3.8, 4) is 6.07 Å². The van der Waals surface area contributed by atoms with Gasteiger partial charge < -0.3 is 0 Å². The molecule has 0 fully saturated rings. The van der Waals surface area contributed by atoms with E-state index in [-0.39, 0.29) is 5.82 Å². The zero-order valence-electron chi connectivity index (χ0n) is 9.40. The molecule has 0 amide bonds. The molecule has 0 bridgehead atoms. The third-order valence-electron chi connectivity index (χ3n) is 2.46. The summed E-state index contributed by atoms with van der Waals surface area (Å²) < 4.78 is 13.7. The van der Waals surface area contributed by atoms with E-state index in [1.165, 1.54) is 12.1 Å². The molecule has 0 saturated carbocycles. The molecule has 3 heteroatoms. The summed E-state index contributed by atoms with van der Waals surface area (Å²) in [6.45, 7) is 0. The maximum absolute atomic E-state index is 12.8. The zero-order valence-corrected chi connectivity index (χ0v) is 11.0. The van der Waals surface area contributed by atoms with Crippen LogP contribution in [0.4, 0.5) is 4.39 Å². The maximum atomic E-state index is 12.8. The molecule has 0 aliphatic rings. The minimum absolute atomic E-state index is 0.283. The highest BCUT2D eigenvalue weighted by molar-refractivity contribution is 9.10. The van der Waals surface area contributed by atoms with Gasteiger partial charge in [0.05, 0.1) is 11.6 Å². The SMILES string of the molecule is N#CC(=Cc1ccc(F)cc1)c1ccc(Br)cc1. The summed E-state index contributed by atoms with van der Waals surface area (Å²) in [7, 11) is 0. The molecule has 2 aromatic carbocycles. The van der Waals surface area contributed by atoms with Gasteiger partial charge in [0.2, 0.25) is 0 Å². The van der Waals surface area contributed by atoms with Crippen LogP contribution in [-0.2, 0) is 0 Å². The molecule has 0 radical (unpaired) electrons. The molecule has 1 nitrogen and oxygen atoms in total. The van der Waals surface area contributed by atoms with Gasteiger partial charge in [-0.15, -0.1) is 0 Å². The van der Waals surface area contributed by atoms with Crippen LogP contribution in [0.25, 0.3) is 11.6 Å². The van der Waals surface area contributed by atoms with Crippen molar-refractivity contribution in [1.82, 2.24) is 0 Å². The predicted molar refractivity (Wildman–Crippen MR) is 74.0 cm³/mol. The molecule has 0 unspecified atom stereocenters. The molecule has 2 rings (SSSR count). The standard InChI is InChI=1S/C15H9BrFN/c16-14-5-3-12(4-6-14)13(10-18)9-11-1-7-15(17)8-2-11/h1-9H. The number of benzene rings is 2. The van der Waals surface area contributed by atoms with Crippen LogP contribution in [0.2, 0.25) is 0 Å². The van der Waals surface area contributed by atoms with Crippen LogP contribution in [0.15, 0.2) is 53.0 Å². The summed E-state index contributed by atoms with van der Waals surface area (Å²) in [4.78, 5) is 0. The van der Waals surface area contributed by atoms with Crippen molar-refractivity contribution < 1.29 is 4.39 Å². The van der Waals surface area contributed by atoms with Gasteiger partial charge >= 0.3 is 0 Å². The Balaban J connectivity index is 2.37. The molecule has 0 atom stereocenters. The molecule has 0 N–H and O–H groups in total. The molecule has 18 heavy (non-hydrogen) atoms. The average Bonchev–Trinajstić information content (AvgIpc) is 2.39. The first-order valence-corrected chi connectivity index (χ1v) is 6.11. The van der Waals surface area contributed by atoms with Crippen molar-refractivity contribution in [3.05, 3.63) is 69.9 Å². The van der Waals surface area contributed by atoms with E-state index in [2.05, 4.69) is 22.0 Å². The van der Waals surface area contributed by atoms with Crippen molar-refractivity contribution >= 4 is 27.6 Å². The van der Waals surface area contributed by atoms with E-state index in [9.17, 15) is 4.39 Å². The third-order valence-corrected chi connectivity index (χ3v) is 2.99. The summed E-state index contributed by atoms with van der Waals surface area (Å²) >= 11 is 3.35. The molecule has 0 heterocycles. The summed E-state index contributed by atoms with van der Waals surface area (Å²) in [5, 5.41) is 9.16. The molecule has 2 aromatic rings. The topological polar surface area (TPSA) is 23.8 Å². The van der Waals surface area contributed by atoms with E-state index in [1.54, 1.807) is 18.2 Å². The van der Waals surface area contributed by atoms with Crippen molar-refractivity contribution in [2.24, 2.45) is 0 Å². The molecular formula is C15H9BrFN. The van der Waals surface area contributed by atoms with Gasteiger partial charge in [-0.2, -0.15) is 5.26 Å². The van der Waals surface area contributed by atoms with Crippen molar-refractivity contribution in [2.75, 3.05) is 0 Å². The quantitative estimate of drug-likeness (QED) is 0.585. The maximum Gasteiger partial charge on any atom is 0.123 e. The van der Waals surface area contributed by atoms with E-state index in [1.807, 2.05) is 24.3 Å². The largest absolute Gasteiger partial charge is 0.207 e. The minimum atomic E-state index is -0.283. The first kappa shape index (κ1) is 12.5. The monoisotopic (exact) mass is 301 g/mol. The average molecular weight is 302 g/mol. The number of halogens is 2. The fraction of sp³-hybridized carbons (Fsp3) is 0. The second kappa shape index (κ2) is 5.61. The Labute approximate surface area is 113 Å². The summed E-state index contributed by atoms with van der Waals surface area (Å²) in [5.74, 6) is -0.283. The van der Waals surface area contributed by atoms with Gasteiger partial charge in [-0.1, -0.05) is 40.2 Å². The Morgan fingerprint density at radius 2 is 1.67 bits per heavy atom. The van der Waals surface area contributed by atoms with Gasteiger partial charge in [-0.25, -0.2) is 4.39 Å². The van der Waals surface area contributed by atoms with Crippen LogP contribution >= 0.6 is 15.9 Å². The predicted octanol–water partition coefficient (Wildman–Crippen LogP) is 4.65. The van der Waals surface area contributed by atoms with E-state index >= 15 is 0 Å². The Morgan fingerprint density at radius 3 is 2.22 bits per heavy atom. The number of allylic oxidation sites excluding steroid dienone is 1. The van der Waals surface area contributed by atoms with Gasteiger partial charge in [0.25, 0.3) is 0 Å². The number of nitrogens with zero attached hydrogens (tertiary/aromatic N) is 1. The molecule has 0 aromatic heterocycles. The number of rotatable bonds is 2. The van der Waals surface area contributed by atoms with E-state index in [0.717, 1.165) is 15.6 Å². The fourth-order valence-corrected chi connectivity index (χ4v) is 1.80. The second-order valence-corrected chi connectivity index (χ2v) is 4.64. The summed E-state index contributed by atoms with van der Waals surface area (Å²) in [6, 6.07) is 15.7. The lowest BCUT2D eigenvalue weighted by molar-refractivity contribution is 0.628. The normalized spacial score (nSPS) is 11.1. The van der Waals surface area contributed by atoms with Gasteiger partial charge in [-0.3, -0.25) is 0 Å². The lowest BCUT2D eigenvalue weighted by Crippen LogP contribution is -1.82.